The van der Waals surface area contributed by atoms with Crippen LogP contribution in [0.1, 0.15) is 31.2 Å². The Bertz CT molecular complexity index is 908. The second kappa shape index (κ2) is 8.75. The quantitative estimate of drug-likeness (QED) is 0.801. The molecule has 1 N–H and O–H groups in total. The van der Waals surface area contributed by atoms with Crippen molar-refractivity contribution in [3.63, 3.8) is 0 Å². The number of carbonyl (C=O) groups excluding carboxylic acids is 1. The lowest BCUT2D eigenvalue weighted by Gasteiger charge is -2.34. The molecule has 0 bridgehead atoms. The predicted octanol–water partition coefficient (Wildman–Crippen LogP) is 3.58. The SMILES string of the molecule is COc1ccc(NC(=O)C[C@@H]2CCCCN2S(=O)(=O)c2ccc(C)cc2)cc1. The summed E-state index contributed by atoms with van der Waals surface area (Å²) in [6, 6.07) is 13.6. The van der Waals surface area contributed by atoms with Crippen LogP contribution in [-0.4, -0.2) is 38.3 Å². The van der Waals surface area contributed by atoms with Gasteiger partial charge in [-0.15, -0.1) is 0 Å². The van der Waals surface area contributed by atoms with Crippen LogP contribution in [-0.2, 0) is 14.8 Å². The zero-order chi connectivity index (χ0) is 20.1. The van der Waals surface area contributed by atoms with Crippen molar-refractivity contribution in [3.8, 4) is 5.75 Å². The van der Waals surface area contributed by atoms with Crippen LogP contribution in [0.5, 0.6) is 5.75 Å². The van der Waals surface area contributed by atoms with E-state index >= 15 is 0 Å². The molecule has 1 atom stereocenters. The zero-order valence-corrected chi connectivity index (χ0v) is 17.0. The summed E-state index contributed by atoms with van der Waals surface area (Å²) in [5.74, 6) is 0.516. The first-order valence-corrected chi connectivity index (χ1v) is 10.9. The lowest BCUT2D eigenvalue weighted by atomic mass is 10.0. The molecule has 1 aliphatic heterocycles. The number of carbonyl (C=O) groups is 1. The van der Waals surface area contributed by atoms with Gasteiger partial charge in [0.15, 0.2) is 0 Å². The van der Waals surface area contributed by atoms with E-state index in [0.29, 0.717) is 24.4 Å². The molecule has 2 aromatic carbocycles. The number of nitrogens with zero attached hydrogens (tertiary/aromatic N) is 1. The number of sulfonamides is 1. The minimum Gasteiger partial charge on any atom is -0.497 e. The molecule has 0 spiro atoms. The maximum Gasteiger partial charge on any atom is 0.243 e. The van der Waals surface area contributed by atoms with Gasteiger partial charge in [0.1, 0.15) is 5.75 Å². The molecule has 2 aromatic rings. The van der Waals surface area contributed by atoms with E-state index in [1.54, 1.807) is 55.6 Å². The molecule has 1 fully saturated rings. The van der Waals surface area contributed by atoms with Gasteiger partial charge in [0.05, 0.1) is 12.0 Å². The molecule has 3 rings (SSSR count). The molecule has 1 saturated heterocycles. The van der Waals surface area contributed by atoms with Crippen LogP contribution in [0.15, 0.2) is 53.4 Å². The van der Waals surface area contributed by atoms with Crippen molar-refractivity contribution in [3.05, 3.63) is 54.1 Å². The van der Waals surface area contributed by atoms with Crippen LogP contribution in [0.2, 0.25) is 0 Å². The summed E-state index contributed by atoms with van der Waals surface area (Å²) in [4.78, 5) is 12.8. The van der Waals surface area contributed by atoms with E-state index < -0.39 is 10.0 Å². The van der Waals surface area contributed by atoms with Gasteiger partial charge in [-0.1, -0.05) is 24.1 Å². The molecule has 28 heavy (non-hydrogen) atoms. The van der Waals surface area contributed by atoms with E-state index in [9.17, 15) is 13.2 Å². The Hall–Kier alpha value is -2.38. The van der Waals surface area contributed by atoms with Gasteiger partial charge in [-0.05, 0) is 56.2 Å². The summed E-state index contributed by atoms with van der Waals surface area (Å²) in [5.41, 5.74) is 1.67. The van der Waals surface area contributed by atoms with Crippen molar-refractivity contribution in [2.45, 2.75) is 43.5 Å². The summed E-state index contributed by atoms with van der Waals surface area (Å²) in [7, 11) is -2.04. The fraction of sp³-hybridized carbons (Fsp3) is 0.381. The zero-order valence-electron chi connectivity index (χ0n) is 16.2. The molecule has 6 nitrogen and oxygen atoms in total. The normalized spacial score (nSPS) is 17.9. The second-order valence-electron chi connectivity index (χ2n) is 7.06. The van der Waals surface area contributed by atoms with E-state index in [2.05, 4.69) is 5.32 Å². The molecule has 1 amide bonds. The topological polar surface area (TPSA) is 75.7 Å². The number of anilines is 1. The Morgan fingerprint density at radius 3 is 2.43 bits per heavy atom. The maximum absolute atomic E-state index is 13.1. The molecule has 0 aliphatic carbocycles. The number of aryl methyl sites for hydroxylation is 1. The third kappa shape index (κ3) is 4.72. The Kier molecular flexibility index (Phi) is 6.36. The van der Waals surface area contributed by atoms with E-state index in [1.807, 2.05) is 6.92 Å². The van der Waals surface area contributed by atoms with Crippen molar-refractivity contribution in [2.24, 2.45) is 0 Å². The van der Waals surface area contributed by atoms with Crippen LogP contribution < -0.4 is 10.1 Å². The highest BCUT2D eigenvalue weighted by molar-refractivity contribution is 7.89. The third-order valence-electron chi connectivity index (χ3n) is 5.00. The minimum atomic E-state index is -3.62. The average molecular weight is 403 g/mol. The van der Waals surface area contributed by atoms with Crippen molar-refractivity contribution >= 4 is 21.6 Å². The van der Waals surface area contributed by atoms with Gasteiger partial charge in [-0.25, -0.2) is 8.42 Å². The standard InChI is InChI=1S/C21H26N2O4S/c1-16-6-12-20(13-7-16)28(25,26)23-14-4-3-5-18(23)15-21(24)22-17-8-10-19(27-2)11-9-17/h6-13,18H,3-5,14-15H2,1-2H3,(H,22,24)/t18-/m0/s1. The molecule has 1 aliphatic rings. The van der Waals surface area contributed by atoms with Gasteiger partial charge in [0.2, 0.25) is 15.9 Å². The molecular weight excluding hydrogens is 376 g/mol. The smallest absolute Gasteiger partial charge is 0.243 e. The summed E-state index contributed by atoms with van der Waals surface area (Å²) in [5, 5.41) is 2.84. The van der Waals surface area contributed by atoms with E-state index in [0.717, 1.165) is 18.4 Å². The van der Waals surface area contributed by atoms with Gasteiger partial charge in [0.25, 0.3) is 0 Å². The first kappa shape index (κ1) is 20.4. The summed E-state index contributed by atoms with van der Waals surface area (Å²) >= 11 is 0. The largest absolute Gasteiger partial charge is 0.497 e. The first-order chi connectivity index (χ1) is 13.4. The van der Waals surface area contributed by atoms with Crippen molar-refractivity contribution in [2.75, 3.05) is 19.0 Å². The Morgan fingerprint density at radius 2 is 1.79 bits per heavy atom. The van der Waals surface area contributed by atoms with Gasteiger partial charge >= 0.3 is 0 Å². The van der Waals surface area contributed by atoms with Crippen LogP contribution in [0, 0.1) is 6.92 Å². The van der Waals surface area contributed by atoms with Crippen molar-refractivity contribution < 1.29 is 17.9 Å². The second-order valence-corrected chi connectivity index (χ2v) is 8.95. The molecule has 0 radical (unpaired) electrons. The highest BCUT2D eigenvalue weighted by Crippen LogP contribution is 2.27. The summed E-state index contributed by atoms with van der Waals surface area (Å²) in [6.45, 7) is 2.36. The molecule has 7 heteroatoms. The Balaban J connectivity index is 1.71. The fourth-order valence-corrected chi connectivity index (χ4v) is 5.13. The number of nitrogens with one attached hydrogen (secondary N) is 1. The Labute approximate surface area is 166 Å². The lowest BCUT2D eigenvalue weighted by molar-refractivity contribution is -0.117. The summed E-state index contributed by atoms with van der Waals surface area (Å²) < 4.78 is 32.8. The molecule has 0 aromatic heterocycles. The van der Waals surface area contributed by atoms with E-state index in [4.69, 9.17) is 4.74 Å². The Morgan fingerprint density at radius 1 is 1.11 bits per heavy atom. The maximum atomic E-state index is 13.1. The number of hydrogen-bond donors (Lipinski definition) is 1. The first-order valence-electron chi connectivity index (χ1n) is 9.42. The number of amides is 1. The molecule has 150 valence electrons. The van der Waals surface area contributed by atoms with Gasteiger partial charge in [-0.2, -0.15) is 4.31 Å². The number of hydrogen-bond acceptors (Lipinski definition) is 4. The molecule has 0 unspecified atom stereocenters. The lowest BCUT2D eigenvalue weighted by Crippen LogP contribution is -2.45. The number of benzene rings is 2. The van der Waals surface area contributed by atoms with E-state index in [1.165, 1.54) is 4.31 Å². The van der Waals surface area contributed by atoms with Gasteiger partial charge < -0.3 is 10.1 Å². The number of rotatable bonds is 6. The van der Waals surface area contributed by atoms with Crippen molar-refractivity contribution in [1.29, 1.82) is 0 Å². The summed E-state index contributed by atoms with van der Waals surface area (Å²) in [6.07, 6.45) is 2.54. The number of methoxy groups -OCH3 is 1. The van der Waals surface area contributed by atoms with Gasteiger partial charge in [0, 0.05) is 24.7 Å². The van der Waals surface area contributed by atoms with Crippen LogP contribution in [0.4, 0.5) is 5.69 Å². The number of ether oxygens (including phenoxy) is 1. The third-order valence-corrected chi connectivity index (χ3v) is 6.96. The van der Waals surface area contributed by atoms with Gasteiger partial charge in [-0.3, -0.25) is 4.79 Å². The van der Waals surface area contributed by atoms with Crippen molar-refractivity contribution in [1.82, 2.24) is 4.31 Å². The molecular formula is C21H26N2O4S. The molecule has 1 heterocycles. The molecule has 0 saturated carbocycles. The minimum absolute atomic E-state index is 0.136. The number of piperidine rings is 1. The van der Waals surface area contributed by atoms with E-state index in [-0.39, 0.29) is 23.3 Å². The average Bonchev–Trinajstić information content (AvgIpc) is 2.69. The van der Waals surface area contributed by atoms with Crippen LogP contribution >= 0.6 is 0 Å². The fourth-order valence-electron chi connectivity index (χ4n) is 3.44. The van der Waals surface area contributed by atoms with Crippen LogP contribution in [0.25, 0.3) is 0 Å². The monoisotopic (exact) mass is 402 g/mol. The highest BCUT2D eigenvalue weighted by atomic mass is 32.2. The van der Waals surface area contributed by atoms with Crippen LogP contribution in [0.3, 0.4) is 0 Å². The highest BCUT2D eigenvalue weighted by Gasteiger charge is 2.34. The predicted molar refractivity (Wildman–Crippen MR) is 109 cm³/mol.